The summed E-state index contributed by atoms with van der Waals surface area (Å²) in [6, 6.07) is 3.51. The molecule has 0 radical (unpaired) electrons. The number of pyridine rings is 1. The van der Waals surface area contributed by atoms with Crippen LogP contribution in [-0.2, 0) is 15.7 Å². The maximum atomic E-state index is 10.1. The first-order chi connectivity index (χ1) is 5.29. The molecule has 4 nitrogen and oxygen atoms in total. The van der Waals surface area contributed by atoms with Crippen molar-refractivity contribution >= 4 is 8.25 Å². The van der Waals surface area contributed by atoms with Crippen LogP contribution in [0.25, 0.3) is 0 Å². The minimum absolute atomic E-state index is 0.125. The quantitative estimate of drug-likeness (QED) is 0.697. The topological polar surface area (TPSA) is 59.4 Å². The monoisotopic (exact) mass is 172 g/mol. The van der Waals surface area contributed by atoms with Gasteiger partial charge in [0, 0.05) is 22.5 Å². The van der Waals surface area contributed by atoms with Gasteiger partial charge in [-0.2, -0.15) is 0 Å². The molecule has 1 unspecified atom stereocenters. The van der Waals surface area contributed by atoms with E-state index in [0.717, 1.165) is 5.56 Å². The maximum absolute atomic E-state index is 10.1. The molecule has 5 heteroatoms. The molecule has 0 aliphatic carbocycles. The highest BCUT2D eigenvalue weighted by molar-refractivity contribution is 7.32. The summed E-state index contributed by atoms with van der Waals surface area (Å²) in [6.07, 6.45) is 3.21. The Balaban J connectivity index is 2.45. The number of hydrogen-bond acceptors (Lipinski definition) is 3. The molecular formula is C6H7NO3P+. The fourth-order valence-corrected chi connectivity index (χ4v) is 0.873. The van der Waals surface area contributed by atoms with E-state index in [-0.39, 0.29) is 6.61 Å². The summed E-state index contributed by atoms with van der Waals surface area (Å²) in [5, 5.41) is 0. The van der Waals surface area contributed by atoms with Crippen LogP contribution in [0.4, 0.5) is 0 Å². The van der Waals surface area contributed by atoms with E-state index >= 15 is 0 Å². The third-order valence-corrected chi connectivity index (χ3v) is 1.41. The highest BCUT2D eigenvalue weighted by Gasteiger charge is 2.11. The summed E-state index contributed by atoms with van der Waals surface area (Å²) in [6.45, 7) is 0.125. The third kappa shape index (κ3) is 3.18. The van der Waals surface area contributed by atoms with E-state index in [0.29, 0.717) is 0 Å². The summed E-state index contributed by atoms with van der Waals surface area (Å²) in [4.78, 5) is 12.1. The maximum Gasteiger partial charge on any atom is 0.695 e. The zero-order valence-electron chi connectivity index (χ0n) is 5.67. The van der Waals surface area contributed by atoms with Gasteiger partial charge in [-0.1, -0.05) is 6.07 Å². The molecule has 0 aliphatic rings. The van der Waals surface area contributed by atoms with E-state index in [1.807, 2.05) is 0 Å². The van der Waals surface area contributed by atoms with Gasteiger partial charge in [-0.05, 0) is 6.07 Å². The highest BCUT2D eigenvalue weighted by Crippen LogP contribution is 2.16. The summed E-state index contributed by atoms with van der Waals surface area (Å²) in [5.74, 6) is 0. The second kappa shape index (κ2) is 4.13. The molecule has 0 aromatic carbocycles. The number of aromatic nitrogens is 1. The van der Waals surface area contributed by atoms with Crippen molar-refractivity contribution in [2.75, 3.05) is 0 Å². The molecule has 0 amide bonds. The molecule has 58 valence electrons. The minimum atomic E-state index is -2.50. The molecule has 1 atom stereocenters. The number of nitrogens with zero attached hydrogens (tertiary/aromatic N) is 1. The van der Waals surface area contributed by atoms with Gasteiger partial charge in [0.05, 0.1) is 0 Å². The Morgan fingerprint density at radius 3 is 3.09 bits per heavy atom. The Morgan fingerprint density at radius 1 is 1.73 bits per heavy atom. The Labute approximate surface area is 64.8 Å². The highest BCUT2D eigenvalue weighted by atomic mass is 31.1. The van der Waals surface area contributed by atoms with Crippen molar-refractivity contribution in [2.45, 2.75) is 6.61 Å². The van der Waals surface area contributed by atoms with Crippen molar-refractivity contribution in [3.63, 3.8) is 0 Å². The molecule has 1 rings (SSSR count). The van der Waals surface area contributed by atoms with Gasteiger partial charge >= 0.3 is 8.25 Å². The largest absolute Gasteiger partial charge is 0.695 e. The summed E-state index contributed by atoms with van der Waals surface area (Å²) < 4.78 is 14.5. The minimum Gasteiger partial charge on any atom is -0.264 e. The van der Waals surface area contributed by atoms with Crippen molar-refractivity contribution in [1.82, 2.24) is 4.98 Å². The second-order valence-electron chi connectivity index (χ2n) is 1.87. The average molecular weight is 172 g/mol. The van der Waals surface area contributed by atoms with E-state index in [4.69, 9.17) is 4.89 Å². The van der Waals surface area contributed by atoms with Crippen molar-refractivity contribution in [3.8, 4) is 0 Å². The third-order valence-electron chi connectivity index (χ3n) is 1.06. The first-order valence-corrected chi connectivity index (χ1v) is 4.10. The van der Waals surface area contributed by atoms with Gasteiger partial charge in [-0.3, -0.25) is 4.98 Å². The lowest BCUT2D eigenvalue weighted by Gasteiger charge is -1.90. The molecule has 1 heterocycles. The molecule has 1 aromatic rings. The van der Waals surface area contributed by atoms with Gasteiger partial charge in [-0.15, -0.1) is 9.42 Å². The zero-order chi connectivity index (χ0) is 8.10. The summed E-state index contributed by atoms with van der Waals surface area (Å²) in [7, 11) is -2.50. The molecule has 1 aromatic heterocycles. The number of hydrogen-bond donors (Lipinski definition) is 1. The van der Waals surface area contributed by atoms with Crippen LogP contribution in [0.1, 0.15) is 5.56 Å². The Bertz CT molecular complexity index is 239. The Hall–Kier alpha value is -0.830. The molecule has 11 heavy (non-hydrogen) atoms. The van der Waals surface area contributed by atoms with Crippen LogP contribution in [0.2, 0.25) is 0 Å². The van der Waals surface area contributed by atoms with Crippen LogP contribution in [0.15, 0.2) is 24.5 Å². The lowest BCUT2D eigenvalue weighted by Crippen LogP contribution is -1.85. The van der Waals surface area contributed by atoms with Crippen molar-refractivity contribution in [2.24, 2.45) is 0 Å². The van der Waals surface area contributed by atoms with E-state index in [2.05, 4.69) is 9.51 Å². The number of rotatable bonds is 3. The van der Waals surface area contributed by atoms with Gasteiger partial charge in [0.2, 0.25) is 0 Å². The van der Waals surface area contributed by atoms with Gasteiger partial charge in [0.25, 0.3) is 0 Å². The van der Waals surface area contributed by atoms with Crippen molar-refractivity contribution in [3.05, 3.63) is 30.1 Å². The van der Waals surface area contributed by atoms with Crippen LogP contribution in [0, 0.1) is 0 Å². The average Bonchev–Trinajstić information content (AvgIpc) is 2.03. The van der Waals surface area contributed by atoms with Crippen molar-refractivity contribution in [1.29, 1.82) is 0 Å². The zero-order valence-corrected chi connectivity index (χ0v) is 6.57. The Kier molecular flexibility index (Phi) is 3.11. The predicted molar refractivity (Wildman–Crippen MR) is 38.9 cm³/mol. The van der Waals surface area contributed by atoms with Crippen LogP contribution in [-0.4, -0.2) is 9.88 Å². The predicted octanol–water partition coefficient (Wildman–Crippen LogP) is 1.25. The fraction of sp³-hybridized carbons (Fsp3) is 0.167. The van der Waals surface area contributed by atoms with Crippen LogP contribution in [0.5, 0.6) is 0 Å². The van der Waals surface area contributed by atoms with Gasteiger partial charge in [-0.25, -0.2) is 0 Å². The van der Waals surface area contributed by atoms with E-state index in [1.54, 1.807) is 24.5 Å². The Morgan fingerprint density at radius 2 is 2.55 bits per heavy atom. The molecule has 0 fully saturated rings. The fourth-order valence-electron chi connectivity index (χ4n) is 0.613. The summed E-state index contributed by atoms with van der Waals surface area (Å²) in [5.41, 5.74) is 0.782. The molecule has 0 saturated carbocycles. The lowest BCUT2D eigenvalue weighted by atomic mass is 10.3. The molecule has 0 aliphatic heterocycles. The van der Waals surface area contributed by atoms with E-state index in [1.165, 1.54) is 0 Å². The smallest absolute Gasteiger partial charge is 0.264 e. The van der Waals surface area contributed by atoms with Crippen molar-refractivity contribution < 1.29 is 14.0 Å². The molecule has 1 N–H and O–H groups in total. The van der Waals surface area contributed by atoms with Gasteiger partial charge < -0.3 is 0 Å². The van der Waals surface area contributed by atoms with Crippen LogP contribution < -0.4 is 0 Å². The van der Waals surface area contributed by atoms with Gasteiger partial charge in [0.1, 0.15) is 6.61 Å². The van der Waals surface area contributed by atoms with Crippen LogP contribution >= 0.6 is 8.25 Å². The van der Waals surface area contributed by atoms with Gasteiger partial charge in [0.15, 0.2) is 0 Å². The summed E-state index contributed by atoms with van der Waals surface area (Å²) >= 11 is 0. The molecule has 0 spiro atoms. The molecular weight excluding hydrogens is 165 g/mol. The lowest BCUT2D eigenvalue weighted by molar-refractivity contribution is 0.272. The van der Waals surface area contributed by atoms with Crippen LogP contribution in [0.3, 0.4) is 0 Å². The second-order valence-corrected chi connectivity index (χ2v) is 2.61. The molecule has 0 saturated heterocycles. The molecule has 0 bridgehead atoms. The SMILES string of the molecule is O=[P+](O)OCc1cccnc1. The first kappa shape index (κ1) is 8.27. The van der Waals surface area contributed by atoms with E-state index in [9.17, 15) is 4.57 Å². The standard InChI is InChI=1S/C6H6NO3P/c8-11(9)10-5-6-2-1-3-7-4-6/h1-4H,5H2/p+1. The van der Waals surface area contributed by atoms with E-state index < -0.39 is 8.25 Å². The first-order valence-electron chi connectivity index (χ1n) is 2.97. The normalized spacial score (nSPS) is 11.2.